The van der Waals surface area contributed by atoms with Crippen LogP contribution < -0.4 is 5.73 Å². The first-order chi connectivity index (χ1) is 9.11. The third-order valence-corrected chi connectivity index (χ3v) is 4.15. The minimum atomic E-state index is -0.127. The van der Waals surface area contributed by atoms with Gasteiger partial charge in [0.15, 0.2) is 0 Å². The SMILES string of the molecule is CC(C)c1ccc(C(CN)N2CCC(O)CC2)cc1. The van der Waals surface area contributed by atoms with Crippen LogP contribution in [0.2, 0.25) is 0 Å². The molecule has 1 aromatic rings. The average Bonchev–Trinajstić information content (AvgIpc) is 2.42. The van der Waals surface area contributed by atoms with Gasteiger partial charge in [-0.1, -0.05) is 38.1 Å². The van der Waals surface area contributed by atoms with Crippen LogP contribution >= 0.6 is 0 Å². The van der Waals surface area contributed by atoms with Crippen molar-refractivity contribution < 1.29 is 5.11 Å². The maximum atomic E-state index is 9.59. The Morgan fingerprint density at radius 2 is 1.68 bits per heavy atom. The number of likely N-dealkylation sites (tertiary alicyclic amines) is 1. The van der Waals surface area contributed by atoms with E-state index in [2.05, 4.69) is 43.0 Å². The maximum absolute atomic E-state index is 9.59. The van der Waals surface area contributed by atoms with Crippen molar-refractivity contribution in [3.05, 3.63) is 35.4 Å². The van der Waals surface area contributed by atoms with E-state index in [1.165, 1.54) is 11.1 Å². The summed E-state index contributed by atoms with van der Waals surface area (Å²) in [7, 11) is 0. The summed E-state index contributed by atoms with van der Waals surface area (Å²) in [4.78, 5) is 2.40. The smallest absolute Gasteiger partial charge is 0.0564 e. The van der Waals surface area contributed by atoms with Gasteiger partial charge in [0, 0.05) is 25.7 Å². The average molecular weight is 262 g/mol. The van der Waals surface area contributed by atoms with Gasteiger partial charge < -0.3 is 10.8 Å². The Labute approximate surface area is 116 Å². The zero-order chi connectivity index (χ0) is 13.8. The van der Waals surface area contributed by atoms with Crippen LogP contribution in [0.25, 0.3) is 0 Å². The Morgan fingerprint density at radius 1 is 1.16 bits per heavy atom. The summed E-state index contributed by atoms with van der Waals surface area (Å²) in [6.07, 6.45) is 1.60. The van der Waals surface area contributed by atoms with Gasteiger partial charge in [0.2, 0.25) is 0 Å². The highest BCUT2D eigenvalue weighted by Gasteiger charge is 2.24. The van der Waals surface area contributed by atoms with Crippen LogP contribution in [-0.4, -0.2) is 35.7 Å². The van der Waals surface area contributed by atoms with E-state index in [0.717, 1.165) is 25.9 Å². The molecule has 3 heteroatoms. The second kappa shape index (κ2) is 6.51. The molecule has 0 aromatic heterocycles. The molecule has 1 fully saturated rings. The van der Waals surface area contributed by atoms with Crippen LogP contribution in [0.1, 0.15) is 49.8 Å². The summed E-state index contributed by atoms with van der Waals surface area (Å²) < 4.78 is 0. The molecule has 19 heavy (non-hydrogen) atoms. The van der Waals surface area contributed by atoms with E-state index >= 15 is 0 Å². The third kappa shape index (κ3) is 3.56. The summed E-state index contributed by atoms with van der Waals surface area (Å²) >= 11 is 0. The lowest BCUT2D eigenvalue weighted by Crippen LogP contribution is -2.41. The Kier molecular flexibility index (Phi) is 4.97. The molecule has 106 valence electrons. The van der Waals surface area contributed by atoms with Crippen LogP contribution in [0, 0.1) is 0 Å². The molecule has 0 aliphatic carbocycles. The molecule has 2 rings (SSSR count). The summed E-state index contributed by atoms with van der Waals surface area (Å²) in [5, 5.41) is 9.59. The van der Waals surface area contributed by atoms with Crippen LogP contribution in [0.3, 0.4) is 0 Å². The molecule has 3 N–H and O–H groups in total. The lowest BCUT2D eigenvalue weighted by molar-refractivity contribution is 0.0622. The Morgan fingerprint density at radius 3 is 2.16 bits per heavy atom. The van der Waals surface area contributed by atoms with Gasteiger partial charge >= 0.3 is 0 Å². The van der Waals surface area contributed by atoms with Gasteiger partial charge in [0.05, 0.1) is 6.10 Å². The second-order valence-electron chi connectivity index (χ2n) is 5.84. The Balaban J connectivity index is 2.08. The largest absolute Gasteiger partial charge is 0.393 e. The van der Waals surface area contributed by atoms with Gasteiger partial charge in [0.25, 0.3) is 0 Å². The van der Waals surface area contributed by atoms with Crippen molar-refractivity contribution in [3.63, 3.8) is 0 Å². The number of benzene rings is 1. The second-order valence-corrected chi connectivity index (χ2v) is 5.84. The lowest BCUT2D eigenvalue weighted by Gasteiger charge is -2.36. The minimum absolute atomic E-state index is 0.127. The van der Waals surface area contributed by atoms with Crippen molar-refractivity contribution in [2.75, 3.05) is 19.6 Å². The molecule has 1 saturated heterocycles. The van der Waals surface area contributed by atoms with Crippen molar-refractivity contribution in [2.24, 2.45) is 5.73 Å². The first-order valence-corrected chi connectivity index (χ1v) is 7.34. The summed E-state index contributed by atoms with van der Waals surface area (Å²) in [5.41, 5.74) is 8.63. The molecule has 0 spiro atoms. The fraction of sp³-hybridized carbons (Fsp3) is 0.625. The van der Waals surface area contributed by atoms with Crippen LogP contribution in [-0.2, 0) is 0 Å². The van der Waals surface area contributed by atoms with Crippen molar-refractivity contribution in [2.45, 2.75) is 44.8 Å². The molecular formula is C16H26N2O. The van der Waals surface area contributed by atoms with Gasteiger partial charge in [0.1, 0.15) is 0 Å². The highest BCUT2D eigenvalue weighted by molar-refractivity contribution is 5.27. The topological polar surface area (TPSA) is 49.5 Å². The number of piperidine rings is 1. The molecule has 0 saturated carbocycles. The summed E-state index contributed by atoms with van der Waals surface area (Å²) in [5.74, 6) is 0.565. The normalized spacial score (nSPS) is 19.8. The molecular weight excluding hydrogens is 236 g/mol. The van der Waals surface area contributed by atoms with E-state index in [9.17, 15) is 5.11 Å². The fourth-order valence-corrected chi connectivity index (χ4v) is 2.80. The highest BCUT2D eigenvalue weighted by atomic mass is 16.3. The molecule has 1 aromatic carbocycles. The van der Waals surface area contributed by atoms with Crippen molar-refractivity contribution in [1.29, 1.82) is 0 Å². The fourth-order valence-electron chi connectivity index (χ4n) is 2.80. The van der Waals surface area contributed by atoms with Gasteiger partial charge in [-0.3, -0.25) is 4.90 Å². The van der Waals surface area contributed by atoms with Crippen LogP contribution in [0.4, 0.5) is 0 Å². The van der Waals surface area contributed by atoms with Gasteiger partial charge in [-0.05, 0) is 29.9 Å². The molecule has 1 heterocycles. The standard InChI is InChI=1S/C16H26N2O/c1-12(2)13-3-5-14(6-4-13)16(11-17)18-9-7-15(19)8-10-18/h3-6,12,15-16,19H,7-11,17H2,1-2H3. The highest BCUT2D eigenvalue weighted by Crippen LogP contribution is 2.25. The number of rotatable bonds is 4. The first-order valence-electron chi connectivity index (χ1n) is 7.34. The van der Waals surface area contributed by atoms with E-state index in [-0.39, 0.29) is 12.1 Å². The summed E-state index contributed by atoms with van der Waals surface area (Å²) in [6, 6.07) is 9.12. The van der Waals surface area contributed by atoms with E-state index in [1.54, 1.807) is 0 Å². The Bertz CT molecular complexity index is 380. The zero-order valence-electron chi connectivity index (χ0n) is 12.0. The lowest BCUT2D eigenvalue weighted by atomic mass is 9.97. The molecule has 1 aliphatic heterocycles. The number of aliphatic hydroxyl groups is 1. The number of aliphatic hydroxyl groups excluding tert-OH is 1. The third-order valence-electron chi connectivity index (χ3n) is 4.15. The molecule has 3 nitrogen and oxygen atoms in total. The molecule has 0 amide bonds. The van der Waals surface area contributed by atoms with Crippen molar-refractivity contribution in [1.82, 2.24) is 4.90 Å². The minimum Gasteiger partial charge on any atom is -0.393 e. The van der Waals surface area contributed by atoms with Gasteiger partial charge in [-0.25, -0.2) is 0 Å². The monoisotopic (exact) mass is 262 g/mol. The molecule has 0 radical (unpaired) electrons. The van der Waals surface area contributed by atoms with E-state index < -0.39 is 0 Å². The predicted octanol–water partition coefficient (Wildman–Crippen LogP) is 2.27. The van der Waals surface area contributed by atoms with Crippen molar-refractivity contribution in [3.8, 4) is 0 Å². The van der Waals surface area contributed by atoms with E-state index in [1.807, 2.05) is 0 Å². The molecule has 1 aliphatic rings. The number of hydrogen-bond donors (Lipinski definition) is 2. The van der Waals surface area contributed by atoms with Gasteiger partial charge in [-0.15, -0.1) is 0 Å². The maximum Gasteiger partial charge on any atom is 0.0564 e. The van der Waals surface area contributed by atoms with E-state index in [0.29, 0.717) is 12.5 Å². The number of hydrogen-bond acceptors (Lipinski definition) is 3. The molecule has 1 atom stereocenters. The van der Waals surface area contributed by atoms with Crippen LogP contribution in [0.5, 0.6) is 0 Å². The Hall–Kier alpha value is -0.900. The van der Waals surface area contributed by atoms with Crippen molar-refractivity contribution >= 4 is 0 Å². The first kappa shape index (κ1) is 14.5. The van der Waals surface area contributed by atoms with Crippen LogP contribution in [0.15, 0.2) is 24.3 Å². The quantitative estimate of drug-likeness (QED) is 0.875. The number of nitrogens with two attached hydrogens (primary N) is 1. The number of nitrogens with zero attached hydrogens (tertiary/aromatic N) is 1. The summed E-state index contributed by atoms with van der Waals surface area (Å²) in [6.45, 7) is 6.93. The zero-order valence-corrected chi connectivity index (χ0v) is 12.0. The molecule has 1 unspecified atom stereocenters. The molecule has 0 bridgehead atoms. The van der Waals surface area contributed by atoms with Gasteiger partial charge in [-0.2, -0.15) is 0 Å². The van der Waals surface area contributed by atoms with E-state index in [4.69, 9.17) is 5.73 Å². The predicted molar refractivity (Wildman–Crippen MR) is 79.1 cm³/mol.